The van der Waals surface area contributed by atoms with E-state index in [-0.39, 0.29) is 23.1 Å². The monoisotopic (exact) mass is 319 g/mol. The highest BCUT2D eigenvalue weighted by Gasteiger charge is 2.31. The molecule has 2 N–H and O–H groups in total. The quantitative estimate of drug-likeness (QED) is 0.790. The minimum atomic E-state index is -3.95. The van der Waals surface area contributed by atoms with Gasteiger partial charge in [0.15, 0.2) is 9.90 Å². The molecule has 1 saturated heterocycles. The number of carbonyl (C=O) groups is 2. The van der Waals surface area contributed by atoms with Crippen LogP contribution in [0.3, 0.4) is 0 Å². The Hall–Kier alpha value is -1.52. The largest absolute Gasteiger partial charge is 0.476 e. The van der Waals surface area contributed by atoms with Crippen molar-refractivity contribution in [3.8, 4) is 0 Å². The molecule has 2 heterocycles. The van der Waals surface area contributed by atoms with E-state index < -0.39 is 27.7 Å². The Bertz CT molecular complexity index is 639. The smallest absolute Gasteiger partial charge is 0.356 e. The highest BCUT2D eigenvalue weighted by Crippen LogP contribution is 2.21. The van der Waals surface area contributed by atoms with Crippen LogP contribution in [0.25, 0.3) is 0 Å². The molecule has 0 saturated carbocycles. The van der Waals surface area contributed by atoms with E-state index in [0.29, 0.717) is 6.42 Å². The number of likely N-dealkylation sites (N-methyl/N-ethyl adjacent to an activating group) is 1. The molecule has 1 aromatic heterocycles. The van der Waals surface area contributed by atoms with Crippen LogP contribution >= 0.6 is 11.3 Å². The topological polar surface area (TPSA) is 117 Å². The summed E-state index contributed by atoms with van der Waals surface area (Å²) in [6.07, 6.45) is 0.655. The summed E-state index contributed by atoms with van der Waals surface area (Å²) in [5.74, 6) is -1.42. The number of nitrogens with zero attached hydrogens (tertiary/aromatic N) is 2. The third-order valence-electron chi connectivity index (χ3n) is 2.93. The van der Waals surface area contributed by atoms with Crippen molar-refractivity contribution < 1.29 is 23.1 Å². The number of hydrogen-bond donors (Lipinski definition) is 2. The summed E-state index contributed by atoms with van der Waals surface area (Å²) in [7, 11) is -2.35. The second kappa shape index (κ2) is 5.46. The van der Waals surface area contributed by atoms with Crippen LogP contribution in [0.1, 0.15) is 23.3 Å². The van der Waals surface area contributed by atoms with Gasteiger partial charge in [-0.1, -0.05) is 0 Å². The van der Waals surface area contributed by atoms with Gasteiger partial charge in [0.2, 0.25) is 5.91 Å². The lowest BCUT2D eigenvalue weighted by Crippen LogP contribution is -2.48. The molecule has 10 heteroatoms. The fraction of sp³-hybridized carbons (Fsp3) is 0.500. The van der Waals surface area contributed by atoms with Gasteiger partial charge < -0.3 is 10.0 Å². The highest BCUT2D eigenvalue weighted by atomic mass is 32.2. The molecule has 1 atom stereocenters. The van der Waals surface area contributed by atoms with E-state index in [0.717, 1.165) is 11.3 Å². The van der Waals surface area contributed by atoms with Gasteiger partial charge in [-0.25, -0.2) is 22.9 Å². The second-order valence-corrected chi connectivity index (χ2v) is 7.19. The van der Waals surface area contributed by atoms with Gasteiger partial charge in [-0.2, -0.15) is 0 Å². The van der Waals surface area contributed by atoms with E-state index in [1.54, 1.807) is 7.05 Å². The van der Waals surface area contributed by atoms with Crippen LogP contribution in [0.5, 0.6) is 0 Å². The first-order chi connectivity index (χ1) is 9.31. The second-order valence-electron chi connectivity index (χ2n) is 4.42. The maximum Gasteiger partial charge on any atom is 0.356 e. The summed E-state index contributed by atoms with van der Waals surface area (Å²) in [6.45, 7) is 0.263. The first-order valence-electron chi connectivity index (χ1n) is 5.74. The summed E-state index contributed by atoms with van der Waals surface area (Å²) in [6, 6.07) is -0.425. The highest BCUT2D eigenvalue weighted by molar-refractivity contribution is 7.91. The van der Waals surface area contributed by atoms with Crippen LogP contribution < -0.4 is 4.72 Å². The number of nitrogens with one attached hydrogen (secondary N) is 1. The predicted octanol–water partition coefficient (Wildman–Crippen LogP) is -0.260. The normalized spacial score (nSPS) is 20.1. The van der Waals surface area contributed by atoms with Gasteiger partial charge in [-0.3, -0.25) is 4.79 Å². The fourth-order valence-corrected chi connectivity index (χ4v) is 4.37. The van der Waals surface area contributed by atoms with Gasteiger partial charge in [-0.15, -0.1) is 11.3 Å². The third kappa shape index (κ3) is 2.97. The van der Waals surface area contributed by atoms with Crippen molar-refractivity contribution in [2.24, 2.45) is 0 Å². The number of carboxylic acids is 1. The molecule has 1 aliphatic heterocycles. The molecule has 20 heavy (non-hydrogen) atoms. The number of hydrogen-bond acceptors (Lipinski definition) is 6. The number of aromatic carboxylic acids is 1. The Morgan fingerprint density at radius 3 is 2.90 bits per heavy atom. The molecular weight excluding hydrogens is 306 g/mol. The third-order valence-corrected chi connectivity index (χ3v) is 5.82. The number of amides is 1. The summed E-state index contributed by atoms with van der Waals surface area (Å²) in [5.41, 5.74) is 0.692. The zero-order chi connectivity index (χ0) is 14.9. The molecule has 1 aliphatic rings. The number of thiazole rings is 1. The van der Waals surface area contributed by atoms with Crippen LogP contribution in [0.15, 0.2) is 9.72 Å². The van der Waals surface area contributed by atoms with Crippen molar-refractivity contribution in [2.45, 2.75) is 23.1 Å². The predicted molar refractivity (Wildman–Crippen MR) is 70.1 cm³/mol. The van der Waals surface area contributed by atoms with Gasteiger partial charge in [0.25, 0.3) is 10.0 Å². The van der Waals surface area contributed by atoms with Gasteiger partial charge >= 0.3 is 5.97 Å². The SMILES string of the molecule is CN1CC(NS(=O)(=O)c2scnc2C(=O)O)CCC1=O. The molecular formula is C10H13N3O5S2. The Kier molecular flexibility index (Phi) is 4.06. The standard InChI is InChI=1S/C10H13N3O5S2/c1-13-4-6(2-3-7(13)14)12-20(17,18)10-8(9(15)16)11-5-19-10/h5-6,12H,2-4H2,1H3,(H,15,16). The summed E-state index contributed by atoms with van der Waals surface area (Å²) >= 11 is 0.752. The minimum absolute atomic E-state index is 0.0375. The van der Waals surface area contributed by atoms with Crippen molar-refractivity contribution in [3.05, 3.63) is 11.2 Å². The number of carbonyl (C=O) groups excluding carboxylic acids is 1. The van der Waals surface area contributed by atoms with Crippen LogP contribution in [0, 0.1) is 0 Å². The Morgan fingerprint density at radius 1 is 1.60 bits per heavy atom. The van der Waals surface area contributed by atoms with Crippen molar-refractivity contribution in [2.75, 3.05) is 13.6 Å². The fourth-order valence-electron chi connectivity index (χ4n) is 1.95. The molecule has 0 bridgehead atoms. The van der Waals surface area contributed by atoms with E-state index in [4.69, 9.17) is 5.11 Å². The average molecular weight is 319 g/mol. The molecule has 1 aromatic rings. The van der Waals surface area contributed by atoms with Gasteiger partial charge in [-0.05, 0) is 6.42 Å². The lowest BCUT2D eigenvalue weighted by Gasteiger charge is -2.29. The van der Waals surface area contributed by atoms with Crippen LogP contribution in [0.2, 0.25) is 0 Å². The van der Waals surface area contributed by atoms with Crippen molar-refractivity contribution in [1.29, 1.82) is 0 Å². The molecule has 110 valence electrons. The van der Waals surface area contributed by atoms with Crippen LogP contribution in [-0.2, 0) is 14.8 Å². The molecule has 0 radical (unpaired) electrons. The molecule has 1 amide bonds. The number of piperidine rings is 1. The van der Waals surface area contributed by atoms with Crippen LogP contribution in [0.4, 0.5) is 0 Å². The van der Waals surface area contributed by atoms with Gasteiger partial charge in [0, 0.05) is 26.1 Å². The van der Waals surface area contributed by atoms with E-state index in [1.807, 2.05) is 0 Å². The average Bonchev–Trinajstić information content (AvgIpc) is 2.83. The zero-order valence-corrected chi connectivity index (χ0v) is 12.2. The number of rotatable bonds is 4. The number of aromatic nitrogens is 1. The first kappa shape index (κ1) is 14.9. The summed E-state index contributed by atoms with van der Waals surface area (Å²) in [4.78, 5) is 27.2. The number of sulfonamides is 1. The van der Waals surface area contributed by atoms with E-state index in [1.165, 1.54) is 10.4 Å². The molecule has 2 rings (SSSR count). The molecule has 0 aliphatic carbocycles. The maximum absolute atomic E-state index is 12.2. The minimum Gasteiger partial charge on any atom is -0.476 e. The van der Waals surface area contributed by atoms with Crippen molar-refractivity contribution in [1.82, 2.24) is 14.6 Å². The lowest BCUT2D eigenvalue weighted by molar-refractivity contribution is -0.132. The number of likely N-dealkylation sites (tertiary alicyclic amines) is 1. The summed E-state index contributed by atoms with van der Waals surface area (Å²) < 4.78 is 26.4. The molecule has 0 aromatic carbocycles. The van der Waals surface area contributed by atoms with E-state index >= 15 is 0 Å². The van der Waals surface area contributed by atoms with Crippen molar-refractivity contribution >= 4 is 33.2 Å². The van der Waals surface area contributed by atoms with Gasteiger partial charge in [0.05, 0.1) is 5.51 Å². The zero-order valence-electron chi connectivity index (χ0n) is 10.6. The van der Waals surface area contributed by atoms with Gasteiger partial charge in [0.1, 0.15) is 0 Å². The Balaban J connectivity index is 2.17. The molecule has 8 nitrogen and oxygen atoms in total. The first-order valence-corrected chi connectivity index (χ1v) is 8.10. The van der Waals surface area contributed by atoms with Crippen molar-refractivity contribution in [3.63, 3.8) is 0 Å². The van der Waals surface area contributed by atoms with Crippen LogP contribution in [-0.4, -0.2) is 54.9 Å². The molecule has 1 fully saturated rings. The Morgan fingerprint density at radius 2 is 2.30 bits per heavy atom. The van der Waals surface area contributed by atoms with E-state index in [2.05, 4.69) is 9.71 Å². The molecule has 1 unspecified atom stereocenters. The summed E-state index contributed by atoms with van der Waals surface area (Å²) in [5, 5.41) is 8.90. The van der Waals surface area contributed by atoms with E-state index in [9.17, 15) is 18.0 Å². The maximum atomic E-state index is 12.2. The number of carboxylic acid groups (broad SMARTS) is 1. The molecule has 0 spiro atoms. The Labute approximate surface area is 119 Å². The lowest BCUT2D eigenvalue weighted by atomic mass is 10.1.